The number of nitro groups is 1. The molecule has 0 aromatic heterocycles. The first-order chi connectivity index (χ1) is 13.0. The number of halogens is 1. The van der Waals surface area contributed by atoms with E-state index in [1.54, 1.807) is 54.6 Å². The molecule has 0 radical (unpaired) electrons. The molecule has 3 aromatic carbocycles. The van der Waals surface area contributed by atoms with E-state index < -0.39 is 4.92 Å². The predicted molar refractivity (Wildman–Crippen MR) is 103 cm³/mol. The lowest BCUT2D eigenvalue weighted by Crippen LogP contribution is -2.15. The number of anilines is 1. The van der Waals surface area contributed by atoms with Gasteiger partial charge in [0.1, 0.15) is 11.5 Å². The van der Waals surface area contributed by atoms with Crippen molar-refractivity contribution in [3.05, 3.63) is 93.5 Å². The Kier molecular flexibility index (Phi) is 5.68. The fourth-order valence-electron chi connectivity index (χ4n) is 2.48. The largest absolute Gasteiger partial charge is 0.456 e. The van der Waals surface area contributed by atoms with E-state index in [9.17, 15) is 14.9 Å². The molecular formula is C20H15ClN2O4. The van der Waals surface area contributed by atoms with Gasteiger partial charge in [0.25, 0.3) is 5.69 Å². The van der Waals surface area contributed by atoms with Crippen LogP contribution in [0.3, 0.4) is 0 Å². The summed E-state index contributed by atoms with van der Waals surface area (Å²) in [5.74, 6) is 0.760. The molecule has 0 fully saturated rings. The summed E-state index contributed by atoms with van der Waals surface area (Å²) in [5.41, 5.74) is 0.847. The predicted octanol–water partition coefficient (Wildman–Crippen LogP) is 5.22. The standard InChI is InChI=1S/C20H15ClN2O4/c21-17-6-2-4-8-19(17)27-16-11-9-15(10-12-16)22-20(24)13-14-5-1-3-7-18(14)23(25)26/h1-12H,13H2,(H,22,24). The van der Waals surface area contributed by atoms with Crippen molar-refractivity contribution in [2.75, 3.05) is 5.32 Å². The van der Waals surface area contributed by atoms with Gasteiger partial charge in [-0.05, 0) is 36.4 Å². The average molecular weight is 383 g/mol. The van der Waals surface area contributed by atoms with Crippen LogP contribution in [-0.2, 0) is 11.2 Å². The Hall–Kier alpha value is -3.38. The number of ether oxygens (including phenoxy) is 1. The highest BCUT2D eigenvalue weighted by Gasteiger charge is 2.15. The van der Waals surface area contributed by atoms with Gasteiger partial charge in [-0.1, -0.05) is 41.9 Å². The molecule has 1 N–H and O–H groups in total. The molecule has 3 aromatic rings. The smallest absolute Gasteiger partial charge is 0.273 e. The Bertz CT molecular complexity index is 974. The highest BCUT2D eigenvalue weighted by molar-refractivity contribution is 6.32. The molecule has 0 aliphatic carbocycles. The van der Waals surface area contributed by atoms with Crippen LogP contribution in [0.2, 0.25) is 5.02 Å². The van der Waals surface area contributed by atoms with Crippen LogP contribution in [0, 0.1) is 10.1 Å². The maximum Gasteiger partial charge on any atom is 0.273 e. The second-order valence-corrected chi connectivity index (χ2v) is 6.07. The fourth-order valence-corrected chi connectivity index (χ4v) is 2.65. The Morgan fingerprint density at radius 1 is 1.00 bits per heavy atom. The van der Waals surface area contributed by atoms with Crippen LogP contribution in [-0.4, -0.2) is 10.8 Å². The topological polar surface area (TPSA) is 81.5 Å². The SMILES string of the molecule is O=C(Cc1ccccc1[N+](=O)[O-])Nc1ccc(Oc2ccccc2Cl)cc1. The molecule has 0 bridgehead atoms. The minimum Gasteiger partial charge on any atom is -0.456 e. The summed E-state index contributed by atoms with van der Waals surface area (Å²) in [5, 5.41) is 14.2. The average Bonchev–Trinajstić information content (AvgIpc) is 2.65. The molecule has 0 spiro atoms. The van der Waals surface area contributed by atoms with E-state index in [-0.39, 0.29) is 18.0 Å². The van der Waals surface area contributed by atoms with Crippen LogP contribution < -0.4 is 10.1 Å². The van der Waals surface area contributed by atoms with E-state index in [0.29, 0.717) is 27.8 Å². The van der Waals surface area contributed by atoms with Crippen LogP contribution in [0.4, 0.5) is 11.4 Å². The van der Waals surface area contributed by atoms with Crippen LogP contribution >= 0.6 is 11.6 Å². The van der Waals surface area contributed by atoms with Gasteiger partial charge in [-0.3, -0.25) is 14.9 Å². The van der Waals surface area contributed by atoms with Crippen LogP contribution in [0.5, 0.6) is 11.5 Å². The number of nitrogens with one attached hydrogen (secondary N) is 1. The second kappa shape index (κ2) is 8.33. The van der Waals surface area contributed by atoms with Crippen molar-refractivity contribution in [3.63, 3.8) is 0 Å². The van der Waals surface area contributed by atoms with Gasteiger partial charge < -0.3 is 10.1 Å². The van der Waals surface area contributed by atoms with Crippen molar-refractivity contribution in [2.45, 2.75) is 6.42 Å². The lowest BCUT2D eigenvalue weighted by molar-refractivity contribution is -0.385. The van der Waals surface area contributed by atoms with Crippen LogP contribution in [0.1, 0.15) is 5.56 Å². The molecule has 0 aliphatic heterocycles. The third-order valence-corrected chi connectivity index (χ3v) is 4.05. The number of carbonyl (C=O) groups is 1. The van der Waals surface area contributed by atoms with Crippen LogP contribution in [0.25, 0.3) is 0 Å². The summed E-state index contributed by atoms with van der Waals surface area (Å²) >= 11 is 6.06. The third kappa shape index (κ3) is 4.83. The summed E-state index contributed by atoms with van der Waals surface area (Å²) in [6.45, 7) is 0. The zero-order valence-electron chi connectivity index (χ0n) is 14.1. The number of para-hydroxylation sites is 2. The lowest BCUT2D eigenvalue weighted by atomic mass is 10.1. The summed E-state index contributed by atoms with van der Waals surface area (Å²) in [7, 11) is 0. The number of rotatable bonds is 6. The number of nitro benzene ring substituents is 1. The molecule has 0 heterocycles. The summed E-state index contributed by atoms with van der Waals surface area (Å²) < 4.78 is 5.69. The number of amides is 1. The Morgan fingerprint density at radius 3 is 2.37 bits per heavy atom. The first-order valence-electron chi connectivity index (χ1n) is 8.07. The maximum absolute atomic E-state index is 12.2. The zero-order valence-corrected chi connectivity index (χ0v) is 14.8. The number of carbonyl (C=O) groups excluding carboxylic acids is 1. The molecular weight excluding hydrogens is 368 g/mol. The first kappa shape index (κ1) is 18.4. The lowest BCUT2D eigenvalue weighted by Gasteiger charge is -2.09. The van der Waals surface area contributed by atoms with E-state index >= 15 is 0 Å². The molecule has 0 aliphatic rings. The molecule has 0 atom stereocenters. The highest BCUT2D eigenvalue weighted by Crippen LogP contribution is 2.29. The van der Waals surface area contributed by atoms with Crippen LogP contribution in [0.15, 0.2) is 72.8 Å². The summed E-state index contributed by atoms with van der Waals surface area (Å²) in [6, 6.07) is 20.1. The molecule has 3 rings (SSSR count). The van der Waals surface area contributed by atoms with E-state index in [2.05, 4.69) is 5.32 Å². The Labute approximate surface area is 160 Å². The summed E-state index contributed by atoms with van der Waals surface area (Å²) in [4.78, 5) is 22.7. The van der Waals surface area contributed by atoms with Gasteiger partial charge in [0.15, 0.2) is 0 Å². The van der Waals surface area contributed by atoms with Gasteiger partial charge >= 0.3 is 0 Å². The number of hydrogen-bond acceptors (Lipinski definition) is 4. The van der Waals surface area contributed by atoms with Gasteiger partial charge in [0.05, 0.1) is 16.4 Å². The molecule has 0 saturated carbocycles. The zero-order chi connectivity index (χ0) is 19.2. The van der Waals surface area contributed by atoms with Gasteiger partial charge in [-0.15, -0.1) is 0 Å². The highest BCUT2D eigenvalue weighted by atomic mass is 35.5. The van der Waals surface area contributed by atoms with E-state index in [1.807, 2.05) is 12.1 Å². The monoisotopic (exact) mass is 382 g/mol. The molecule has 27 heavy (non-hydrogen) atoms. The van der Waals surface area contributed by atoms with Crippen molar-refractivity contribution < 1.29 is 14.5 Å². The van der Waals surface area contributed by atoms with Gasteiger partial charge in [0.2, 0.25) is 5.91 Å². The second-order valence-electron chi connectivity index (χ2n) is 5.67. The van der Waals surface area contributed by atoms with E-state index in [0.717, 1.165) is 0 Å². The Balaban J connectivity index is 1.64. The molecule has 0 saturated heterocycles. The van der Waals surface area contributed by atoms with Crippen molar-refractivity contribution in [1.29, 1.82) is 0 Å². The minimum atomic E-state index is -0.497. The minimum absolute atomic E-state index is 0.0730. The first-order valence-corrected chi connectivity index (χ1v) is 8.45. The van der Waals surface area contributed by atoms with Crippen molar-refractivity contribution in [1.82, 2.24) is 0 Å². The third-order valence-electron chi connectivity index (χ3n) is 3.74. The van der Waals surface area contributed by atoms with E-state index in [1.165, 1.54) is 6.07 Å². The molecule has 0 unspecified atom stereocenters. The fraction of sp³-hybridized carbons (Fsp3) is 0.0500. The molecule has 7 heteroatoms. The maximum atomic E-state index is 12.2. The van der Waals surface area contributed by atoms with Crippen molar-refractivity contribution >= 4 is 28.9 Å². The quantitative estimate of drug-likeness (QED) is 0.468. The normalized spacial score (nSPS) is 10.3. The van der Waals surface area contributed by atoms with E-state index in [4.69, 9.17) is 16.3 Å². The van der Waals surface area contributed by atoms with Gasteiger partial charge in [-0.2, -0.15) is 0 Å². The molecule has 136 valence electrons. The van der Waals surface area contributed by atoms with Crippen molar-refractivity contribution in [3.8, 4) is 11.5 Å². The summed E-state index contributed by atoms with van der Waals surface area (Å²) in [6.07, 6.45) is -0.0883. The van der Waals surface area contributed by atoms with Crippen molar-refractivity contribution in [2.24, 2.45) is 0 Å². The Morgan fingerprint density at radius 2 is 1.67 bits per heavy atom. The molecule has 1 amide bonds. The number of hydrogen-bond donors (Lipinski definition) is 1. The van der Waals surface area contributed by atoms with Gasteiger partial charge in [-0.25, -0.2) is 0 Å². The molecule has 6 nitrogen and oxygen atoms in total. The number of benzene rings is 3. The van der Waals surface area contributed by atoms with Gasteiger partial charge in [0, 0.05) is 17.3 Å². The number of nitrogens with zero attached hydrogens (tertiary/aromatic N) is 1.